The van der Waals surface area contributed by atoms with Crippen LogP contribution in [-0.2, 0) is 28.0 Å². The number of rotatable bonds is 5. The number of piperidine rings is 3. The van der Waals surface area contributed by atoms with E-state index >= 15 is 0 Å². The second-order valence-electron chi connectivity index (χ2n) is 9.53. The second-order valence-corrected chi connectivity index (χ2v) is 9.53. The summed E-state index contributed by atoms with van der Waals surface area (Å²) in [4.78, 5) is 39.4. The zero-order valence-corrected chi connectivity index (χ0v) is 19.2. The molecule has 1 unspecified atom stereocenters. The van der Waals surface area contributed by atoms with Crippen LogP contribution in [0.15, 0.2) is 23.0 Å². The maximum Gasteiger partial charge on any atom is 0.329 e. The molecule has 3 aliphatic heterocycles. The third-order valence-corrected chi connectivity index (χ3v) is 7.46. The fourth-order valence-electron chi connectivity index (χ4n) is 5.52. The number of aryl methyl sites for hydroxylation is 1. The second kappa shape index (κ2) is 9.40. The quantitative estimate of drug-likeness (QED) is 0.654. The van der Waals surface area contributed by atoms with Gasteiger partial charge in [0.05, 0.1) is 23.7 Å². The molecule has 0 radical (unpaired) electrons. The molecule has 5 rings (SSSR count). The summed E-state index contributed by atoms with van der Waals surface area (Å²) in [6.45, 7) is 4.94. The fourth-order valence-corrected chi connectivity index (χ4v) is 5.52. The highest BCUT2D eigenvalue weighted by atomic mass is 16.5. The molecule has 0 spiro atoms. The van der Waals surface area contributed by atoms with E-state index in [0.717, 1.165) is 50.1 Å². The first kappa shape index (κ1) is 22.3. The van der Waals surface area contributed by atoms with E-state index in [4.69, 9.17) is 4.74 Å². The summed E-state index contributed by atoms with van der Waals surface area (Å²) in [5.74, 6) is -0.699. The molecule has 9 heteroatoms. The summed E-state index contributed by atoms with van der Waals surface area (Å²) in [6, 6.07) is 5.88. The number of imide groups is 1. The van der Waals surface area contributed by atoms with Crippen molar-refractivity contribution in [2.24, 2.45) is 7.05 Å². The molecule has 4 heterocycles. The van der Waals surface area contributed by atoms with Crippen LogP contribution in [0.5, 0.6) is 0 Å². The Balaban J connectivity index is 1.24. The van der Waals surface area contributed by atoms with Crippen molar-refractivity contribution in [2.45, 2.75) is 63.3 Å². The number of fused-ring (bicyclic) bond motifs is 1. The largest absolute Gasteiger partial charge is 0.373 e. The van der Waals surface area contributed by atoms with Crippen LogP contribution in [0.1, 0.15) is 50.1 Å². The highest BCUT2D eigenvalue weighted by Crippen LogP contribution is 2.25. The third-order valence-electron chi connectivity index (χ3n) is 7.46. The van der Waals surface area contributed by atoms with Crippen molar-refractivity contribution in [3.05, 3.63) is 34.2 Å². The summed E-state index contributed by atoms with van der Waals surface area (Å²) in [6.07, 6.45) is 5.42. The van der Waals surface area contributed by atoms with Gasteiger partial charge in [-0.15, -0.1) is 0 Å². The Hall–Kier alpha value is -2.49. The number of carbonyl (C=O) groups is 2. The van der Waals surface area contributed by atoms with Gasteiger partial charge in [-0.2, -0.15) is 0 Å². The number of benzene rings is 1. The summed E-state index contributed by atoms with van der Waals surface area (Å²) < 4.78 is 9.32. The Labute approximate surface area is 193 Å². The lowest BCUT2D eigenvalue weighted by molar-refractivity contribution is -0.135. The van der Waals surface area contributed by atoms with Gasteiger partial charge in [0.25, 0.3) is 0 Å². The predicted octanol–water partition coefficient (Wildman–Crippen LogP) is 1.05. The summed E-state index contributed by atoms with van der Waals surface area (Å²) >= 11 is 0. The van der Waals surface area contributed by atoms with Crippen molar-refractivity contribution in [2.75, 3.05) is 26.2 Å². The zero-order valence-electron chi connectivity index (χ0n) is 19.2. The van der Waals surface area contributed by atoms with E-state index in [2.05, 4.69) is 15.5 Å². The van der Waals surface area contributed by atoms with E-state index in [1.807, 2.05) is 18.2 Å². The molecule has 2 N–H and O–H groups in total. The van der Waals surface area contributed by atoms with Gasteiger partial charge < -0.3 is 15.0 Å². The highest BCUT2D eigenvalue weighted by molar-refractivity contribution is 6.00. The smallest absolute Gasteiger partial charge is 0.329 e. The Morgan fingerprint density at radius 1 is 1.00 bits per heavy atom. The maximum atomic E-state index is 12.9. The Morgan fingerprint density at radius 3 is 2.48 bits per heavy atom. The van der Waals surface area contributed by atoms with Crippen molar-refractivity contribution in [3.8, 4) is 0 Å². The molecule has 0 aliphatic carbocycles. The number of ether oxygens (including phenoxy) is 1. The number of hydrogen-bond acceptors (Lipinski definition) is 6. The van der Waals surface area contributed by atoms with E-state index in [-0.39, 0.29) is 24.1 Å². The molecule has 1 aromatic carbocycles. The van der Waals surface area contributed by atoms with Gasteiger partial charge in [0.15, 0.2) is 0 Å². The first-order chi connectivity index (χ1) is 16.0. The average molecular weight is 456 g/mol. The van der Waals surface area contributed by atoms with E-state index in [0.29, 0.717) is 24.6 Å². The van der Waals surface area contributed by atoms with Crippen LogP contribution in [0.2, 0.25) is 0 Å². The fraction of sp³-hybridized carbons (Fsp3) is 0.625. The van der Waals surface area contributed by atoms with Crippen LogP contribution in [-0.4, -0.2) is 64.2 Å². The molecular formula is C24H33N5O4. The molecule has 2 aromatic rings. The van der Waals surface area contributed by atoms with Gasteiger partial charge in [-0.25, -0.2) is 4.79 Å². The number of likely N-dealkylation sites (tertiary alicyclic amines) is 1. The van der Waals surface area contributed by atoms with E-state index in [9.17, 15) is 14.4 Å². The molecule has 33 heavy (non-hydrogen) atoms. The minimum Gasteiger partial charge on any atom is -0.373 e. The van der Waals surface area contributed by atoms with Gasteiger partial charge in [-0.05, 0) is 62.9 Å². The highest BCUT2D eigenvalue weighted by Gasteiger charge is 2.31. The molecular weight excluding hydrogens is 422 g/mol. The van der Waals surface area contributed by atoms with Crippen LogP contribution < -0.4 is 16.3 Å². The minimum atomic E-state index is -0.661. The van der Waals surface area contributed by atoms with E-state index in [1.54, 1.807) is 11.6 Å². The van der Waals surface area contributed by atoms with Crippen LogP contribution in [0.25, 0.3) is 11.0 Å². The standard InChI is InChI=1S/C24H33N5O4/c1-27-21-14-16(15-33-18-8-12-28(13-9-18)17-6-10-25-11-7-17)2-3-19(21)29(24(27)32)20-4-5-22(30)26-23(20)31/h2-3,14,17-18,20,25H,4-13,15H2,1H3,(H,26,30,31). The number of nitrogens with one attached hydrogen (secondary N) is 2. The van der Waals surface area contributed by atoms with Crippen molar-refractivity contribution < 1.29 is 14.3 Å². The number of amides is 2. The molecule has 1 aromatic heterocycles. The lowest BCUT2D eigenvalue weighted by Crippen LogP contribution is -2.47. The van der Waals surface area contributed by atoms with Gasteiger partial charge >= 0.3 is 5.69 Å². The summed E-state index contributed by atoms with van der Waals surface area (Å²) in [7, 11) is 1.72. The lowest BCUT2D eigenvalue weighted by Gasteiger charge is -2.39. The summed E-state index contributed by atoms with van der Waals surface area (Å²) in [5.41, 5.74) is 2.24. The molecule has 9 nitrogen and oxygen atoms in total. The normalized spacial score (nSPS) is 23.8. The molecule has 3 aliphatic rings. The molecule has 1 atom stereocenters. The van der Waals surface area contributed by atoms with Crippen LogP contribution >= 0.6 is 0 Å². The first-order valence-electron chi connectivity index (χ1n) is 12.1. The summed E-state index contributed by atoms with van der Waals surface area (Å²) in [5, 5.41) is 5.79. The van der Waals surface area contributed by atoms with E-state index < -0.39 is 11.9 Å². The SMILES string of the molecule is Cn1c(=O)n(C2CCC(=O)NC2=O)c2ccc(COC3CCN(C4CCNCC4)CC3)cc21. The van der Waals surface area contributed by atoms with Gasteiger partial charge in [0.2, 0.25) is 11.8 Å². The zero-order chi connectivity index (χ0) is 22.9. The monoisotopic (exact) mass is 455 g/mol. The molecule has 0 bridgehead atoms. The Bertz CT molecular complexity index is 1090. The van der Waals surface area contributed by atoms with Crippen molar-refractivity contribution in [1.29, 1.82) is 0 Å². The van der Waals surface area contributed by atoms with Gasteiger partial charge in [-0.3, -0.25) is 24.0 Å². The minimum absolute atomic E-state index is 0.238. The van der Waals surface area contributed by atoms with Crippen LogP contribution in [0.3, 0.4) is 0 Å². The molecule has 3 saturated heterocycles. The van der Waals surface area contributed by atoms with Crippen LogP contribution in [0, 0.1) is 0 Å². The van der Waals surface area contributed by atoms with Crippen molar-refractivity contribution in [1.82, 2.24) is 24.7 Å². The average Bonchev–Trinajstić information content (AvgIpc) is 3.08. The van der Waals surface area contributed by atoms with Crippen molar-refractivity contribution in [3.63, 3.8) is 0 Å². The number of aromatic nitrogens is 2. The number of nitrogens with zero attached hydrogens (tertiary/aromatic N) is 3. The van der Waals surface area contributed by atoms with Gasteiger partial charge in [-0.1, -0.05) is 6.07 Å². The number of imidazole rings is 1. The first-order valence-corrected chi connectivity index (χ1v) is 12.1. The molecule has 0 saturated carbocycles. The van der Waals surface area contributed by atoms with Gasteiger partial charge in [0, 0.05) is 32.6 Å². The van der Waals surface area contributed by atoms with Crippen LogP contribution in [0.4, 0.5) is 0 Å². The third kappa shape index (κ3) is 4.49. The Morgan fingerprint density at radius 2 is 1.76 bits per heavy atom. The topological polar surface area (TPSA) is 97.6 Å². The number of carbonyl (C=O) groups excluding carboxylic acids is 2. The van der Waals surface area contributed by atoms with Crippen molar-refractivity contribution >= 4 is 22.8 Å². The predicted molar refractivity (Wildman–Crippen MR) is 124 cm³/mol. The van der Waals surface area contributed by atoms with Gasteiger partial charge in [0.1, 0.15) is 6.04 Å². The Kier molecular flexibility index (Phi) is 6.36. The lowest BCUT2D eigenvalue weighted by atomic mass is 10.00. The number of hydrogen-bond donors (Lipinski definition) is 2. The van der Waals surface area contributed by atoms with E-state index in [1.165, 1.54) is 17.4 Å². The maximum absolute atomic E-state index is 12.9. The molecule has 2 amide bonds. The molecule has 3 fully saturated rings. The molecule has 178 valence electrons.